The molecule has 2 aromatic carbocycles. The lowest BCUT2D eigenvalue weighted by atomic mass is 10.2. The molecular weight excluding hydrogens is 305 g/mol. The number of halogens is 1. The first kappa shape index (κ1) is 14.6. The maximum absolute atomic E-state index is 13.1. The van der Waals surface area contributed by atoms with Gasteiger partial charge in [0, 0.05) is 11.3 Å². The number of hydrogen-bond acceptors (Lipinski definition) is 2. The zero-order valence-electron chi connectivity index (χ0n) is 13.5. The van der Waals surface area contributed by atoms with Crippen LogP contribution in [0.4, 0.5) is 4.39 Å². The molecule has 0 saturated carbocycles. The predicted molar refractivity (Wildman–Crippen MR) is 91.9 cm³/mol. The second-order valence-corrected chi connectivity index (χ2v) is 5.96. The minimum atomic E-state index is -0.261. The minimum Gasteiger partial charge on any atom is -0.311 e. The van der Waals surface area contributed by atoms with Crippen LogP contribution < -0.4 is 5.56 Å². The zero-order valence-corrected chi connectivity index (χ0v) is 13.5. The molecule has 0 fully saturated rings. The molecule has 4 nitrogen and oxygen atoms in total. The molecule has 5 heteroatoms. The van der Waals surface area contributed by atoms with E-state index in [0.717, 1.165) is 22.3 Å². The van der Waals surface area contributed by atoms with Crippen molar-refractivity contribution < 1.29 is 4.39 Å². The molecule has 0 aliphatic carbocycles. The molecule has 0 amide bonds. The summed E-state index contributed by atoms with van der Waals surface area (Å²) in [6.07, 6.45) is 0. The van der Waals surface area contributed by atoms with Gasteiger partial charge in [-0.15, -0.1) is 0 Å². The highest BCUT2D eigenvalue weighted by atomic mass is 19.1. The maximum atomic E-state index is 13.1. The van der Waals surface area contributed by atoms with Crippen molar-refractivity contribution in [2.45, 2.75) is 20.4 Å². The summed E-state index contributed by atoms with van der Waals surface area (Å²) < 4.78 is 16.8. The lowest BCUT2D eigenvalue weighted by Gasteiger charge is -2.14. The summed E-state index contributed by atoms with van der Waals surface area (Å²) in [5.41, 5.74) is 4.05. The van der Waals surface area contributed by atoms with Crippen LogP contribution in [0.3, 0.4) is 0 Å². The van der Waals surface area contributed by atoms with E-state index in [1.807, 2.05) is 42.7 Å². The summed E-state index contributed by atoms with van der Waals surface area (Å²) in [5.74, 6) is 0.344. The van der Waals surface area contributed by atoms with Gasteiger partial charge in [-0.1, -0.05) is 24.3 Å². The van der Waals surface area contributed by atoms with Gasteiger partial charge in [0.05, 0.1) is 17.6 Å². The molecule has 2 aromatic heterocycles. The van der Waals surface area contributed by atoms with E-state index in [4.69, 9.17) is 0 Å². The van der Waals surface area contributed by atoms with Crippen molar-refractivity contribution in [1.82, 2.24) is 14.0 Å². The first-order chi connectivity index (χ1) is 11.6. The van der Waals surface area contributed by atoms with Gasteiger partial charge in [-0.05, 0) is 43.7 Å². The van der Waals surface area contributed by atoms with Crippen molar-refractivity contribution in [2.24, 2.45) is 0 Å². The fourth-order valence-electron chi connectivity index (χ4n) is 3.03. The molecule has 4 rings (SSSR count). The number of fused-ring (bicyclic) bond motifs is 3. The van der Waals surface area contributed by atoms with Gasteiger partial charge in [0.15, 0.2) is 0 Å². The number of hydrogen-bond donors (Lipinski definition) is 0. The molecule has 2 heterocycles. The van der Waals surface area contributed by atoms with Gasteiger partial charge in [0.2, 0.25) is 5.78 Å². The molecule has 0 bridgehead atoms. The summed E-state index contributed by atoms with van der Waals surface area (Å²) in [6.45, 7) is 4.27. The summed E-state index contributed by atoms with van der Waals surface area (Å²) >= 11 is 0. The van der Waals surface area contributed by atoms with Crippen LogP contribution in [0.15, 0.2) is 53.3 Å². The van der Waals surface area contributed by atoms with E-state index in [2.05, 4.69) is 4.98 Å². The average Bonchev–Trinajstić information content (AvgIpc) is 2.98. The number of aromatic nitrogens is 3. The molecule has 0 saturated heterocycles. The quantitative estimate of drug-likeness (QED) is 0.567. The Morgan fingerprint density at radius 1 is 1.04 bits per heavy atom. The fourth-order valence-corrected chi connectivity index (χ4v) is 3.03. The van der Waals surface area contributed by atoms with Crippen LogP contribution in [0.25, 0.3) is 16.8 Å². The Labute approximate surface area is 137 Å². The Balaban J connectivity index is 2.03. The minimum absolute atomic E-state index is 0.0495. The van der Waals surface area contributed by atoms with Gasteiger partial charge in [0.1, 0.15) is 5.82 Å². The Kier molecular flexibility index (Phi) is 3.23. The van der Waals surface area contributed by atoms with Crippen molar-refractivity contribution >= 4 is 16.8 Å². The predicted octanol–water partition coefficient (Wildman–Crippen LogP) is 3.45. The topological polar surface area (TPSA) is 39.3 Å². The Hall–Kier alpha value is -2.95. The summed E-state index contributed by atoms with van der Waals surface area (Å²) in [6, 6.07) is 14.0. The molecule has 24 heavy (non-hydrogen) atoms. The highest BCUT2D eigenvalue weighted by molar-refractivity contribution is 5.79. The smallest absolute Gasteiger partial charge is 0.262 e. The standard InChI is InChI=1S/C19H16FN3O/c1-12-13(2)22(11-14-7-9-15(20)10-8-14)19-21-16-5-3-4-6-17(16)23(19)18(12)24/h3-10H,11H2,1-2H3. The van der Waals surface area contributed by atoms with Crippen LogP contribution in [-0.2, 0) is 6.54 Å². The van der Waals surface area contributed by atoms with E-state index >= 15 is 0 Å². The molecule has 0 aliphatic heterocycles. The molecule has 0 unspecified atom stereocenters. The fraction of sp³-hybridized carbons (Fsp3) is 0.158. The third-order valence-corrected chi connectivity index (χ3v) is 4.51. The highest BCUT2D eigenvalue weighted by Crippen LogP contribution is 2.18. The second-order valence-electron chi connectivity index (χ2n) is 5.96. The van der Waals surface area contributed by atoms with Gasteiger partial charge >= 0.3 is 0 Å². The lowest BCUT2D eigenvalue weighted by molar-refractivity contribution is 0.626. The maximum Gasteiger partial charge on any atom is 0.262 e. The number of benzene rings is 2. The number of nitrogens with zero attached hydrogens (tertiary/aromatic N) is 3. The van der Waals surface area contributed by atoms with Gasteiger partial charge in [-0.2, -0.15) is 0 Å². The largest absolute Gasteiger partial charge is 0.311 e. The Bertz CT molecular complexity index is 1120. The molecule has 0 N–H and O–H groups in total. The van der Waals surface area contributed by atoms with E-state index in [0.29, 0.717) is 17.9 Å². The van der Waals surface area contributed by atoms with Crippen LogP contribution in [0.1, 0.15) is 16.8 Å². The number of imidazole rings is 1. The third kappa shape index (κ3) is 2.12. The van der Waals surface area contributed by atoms with E-state index < -0.39 is 0 Å². The molecule has 0 radical (unpaired) electrons. The first-order valence-corrected chi connectivity index (χ1v) is 7.78. The highest BCUT2D eigenvalue weighted by Gasteiger charge is 2.15. The monoisotopic (exact) mass is 321 g/mol. The normalized spacial score (nSPS) is 11.5. The first-order valence-electron chi connectivity index (χ1n) is 7.78. The van der Waals surface area contributed by atoms with Crippen molar-refractivity contribution in [3.8, 4) is 0 Å². The van der Waals surface area contributed by atoms with E-state index in [1.165, 1.54) is 12.1 Å². The van der Waals surface area contributed by atoms with Crippen LogP contribution in [0.2, 0.25) is 0 Å². The van der Waals surface area contributed by atoms with Crippen molar-refractivity contribution in [1.29, 1.82) is 0 Å². The van der Waals surface area contributed by atoms with Gasteiger partial charge < -0.3 is 4.57 Å². The molecule has 0 spiro atoms. The van der Waals surface area contributed by atoms with Crippen LogP contribution >= 0.6 is 0 Å². The SMILES string of the molecule is Cc1c(C)n(Cc2ccc(F)cc2)c2nc3ccccc3n2c1=O. The Morgan fingerprint density at radius 2 is 1.75 bits per heavy atom. The van der Waals surface area contributed by atoms with Crippen LogP contribution in [-0.4, -0.2) is 14.0 Å². The zero-order chi connectivity index (χ0) is 16.8. The molecular formula is C19H16FN3O. The molecule has 4 aromatic rings. The number of rotatable bonds is 2. The summed E-state index contributed by atoms with van der Waals surface area (Å²) in [7, 11) is 0. The number of para-hydroxylation sites is 2. The summed E-state index contributed by atoms with van der Waals surface area (Å²) in [5, 5.41) is 0. The van der Waals surface area contributed by atoms with Gasteiger partial charge in [-0.3, -0.25) is 4.79 Å². The lowest BCUT2D eigenvalue weighted by Crippen LogP contribution is -2.23. The van der Waals surface area contributed by atoms with E-state index in [9.17, 15) is 9.18 Å². The van der Waals surface area contributed by atoms with Crippen LogP contribution in [0, 0.1) is 19.7 Å². The molecule has 120 valence electrons. The summed E-state index contributed by atoms with van der Waals surface area (Å²) in [4.78, 5) is 17.4. The molecule has 0 aliphatic rings. The van der Waals surface area contributed by atoms with E-state index in [-0.39, 0.29) is 11.4 Å². The van der Waals surface area contributed by atoms with E-state index in [1.54, 1.807) is 16.5 Å². The average molecular weight is 321 g/mol. The third-order valence-electron chi connectivity index (χ3n) is 4.51. The van der Waals surface area contributed by atoms with Gasteiger partial charge in [-0.25, -0.2) is 13.8 Å². The second kappa shape index (κ2) is 5.30. The van der Waals surface area contributed by atoms with Crippen molar-refractivity contribution in [2.75, 3.05) is 0 Å². The molecule has 0 atom stereocenters. The van der Waals surface area contributed by atoms with Crippen LogP contribution in [0.5, 0.6) is 0 Å². The Morgan fingerprint density at radius 3 is 2.50 bits per heavy atom. The van der Waals surface area contributed by atoms with Gasteiger partial charge in [0.25, 0.3) is 5.56 Å². The van der Waals surface area contributed by atoms with Crippen molar-refractivity contribution in [3.63, 3.8) is 0 Å². The van der Waals surface area contributed by atoms with Crippen molar-refractivity contribution in [3.05, 3.63) is 81.5 Å².